The molecule has 0 saturated carbocycles. The summed E-state index contributed by atoms with van der Waals surface area (Å²) in [6.07, 6.45) is 2.83. The summed E-state index contributed by atoms with van der Waals surface area (Å²) in [5.74, 6) is -2.03. The van der Waals surface area contributed by atoms with Crippen molar-refractivity contribution in [1.82, 2.24) is 5.32 Å². The van der Waals surface area contributed by atoms with Gasteiger partial charge in [0.25, 0.3) is 0 Å². The van der Waals surface area contributed by atoms with Crippen molar-refractivity contribution in [3.8, 4) is 0 Å². The Bertz CT molecular complexity index is 594. The second kappa shape index (κ2) is 9.81. The van der Waals surface area contributed by atoms with Gasteiger partial charge in [0.1, 0.15) is 0 Å². The first-order valence-corrected chi connectivity index (χ1v) is 9.96. The number of alkyl halides is 3. The molecule has 0 aliphatic heterocycles. The van der Waals surface area contributed by atoms with Crippen LogP contribution in [-0.2, 0) is 18.4 Å². The molecule has 1 amide bonds. The Morgan fingerprint density at radius 2 is 1.75 bits per heavy atom. The fraction of sp³-hybridized carbons (Fsp3) is 0.400. The van der Waals surface area contributed by atoms with Gasteiger partial charge in [-0.3, -0.25) is 9.36 Å². The maximum absolute atomic E-state index is 12.8. The number of carbonyl (C=O) groups excluding carboxylic acids is 1. The van der Waals surface area contributed by atoms with E-state index in [0.717, 1.165) is 5.56 Å². The van der Waals surface area contributed by atoms with Gasteiger partial charge in [0, 0.05) is 6.08 Å². The Hall–Kier alpha value is -0.550. The van der Waals surface area contributed by atoms with Gasteiger partial charge in [0.05, 0.1) is 13.2 Å². The zero-order valence-corrected chi connectivity index (χ0v) is 16.4. The zero-order valence-electron chi connectivity index (χ0n) is 13.2. The molecule has 5 nitrogen and oxygen atoms in total. The predicted octanol–water partition coefficient (Wildman–Crippen LogP) is 4.78. The van der Waals surface area contributed by atoms with E-state index in [1.165, 1.54) is 6.08 Å². The van der Waals surface area contributed by atoms with Crippen molar-refractivity contribution in [2.75, 3.05) is 13.2 Å². The standard InChI is InChI=1S/C15H19Cl3NO4P/c1-3-22-24(21,23-4-2)14(15(16,17)18)19-13(20)11-10-12-8-6-5-7-9-12/h5-11,14H,3-4H2,1-2H3,(H,19,20)/b11-10+/t14-/m0/s1. The summed E-state index contributed by atoms with van der Waals surface area (Å²) in [7, 11) is -3.86. The van der Waals surface area contributed by atoms with Crippen molar-refractivity contribution in [2.24, 2.45) is 0 Å². The van der Waals surface area contributed by atoms with Crippen LogP contribution >= 0.6 is 42.4 Å². The van der Waals surface area contributed by atoms with Crippen LogP contribution in [-0.4, -0.2) is 28.7 Å². The van der Waals surface area contributed by atoms with Crippen LogP contribution in [0.3, 0.4) is 0 Å². The SMILES string of the molecule is CCOP(=O)(OCC)[C@H](NC(=O)/C=C/c1ccccc1)C(Cl)(Cl)Cl. The maximum atomic E-state index is 12.8. The Morgan fingerprint density at radius 3 is 2.21 bits per heavy atom. The highest BCUT2D eigenvalue weighted by molar-refractivity contribution is 7.55. The first-order valence-electron chi connectivity index (χ1n) is 7.22. The quantitative estimate of drug-likeness (QED) is 0.378. The number of hydrogen-bond donors (Lipinski definition) is 1. The first kappa shape index (κ1) is 21.5. The summed E-state index contributed by atoms with van der Waals surface area (Å²) < 4.78 is 21.1. The number of carbonyl (C=O) groups is 1. The van der Waals surface area contributed by atoms with Gasteiger partial charge in [0.2, 0.25) is 9.70 Å². The van der Waals surface area contributed by atoms with E-state index >= 15 is 0 Å². The van der Waals surface area contributed by atoms with Crippen molar-refractivity contribution in [3.63, 3.8) is 0 Å². The van der Waals surface area contributed by atoms with Crippen molar-refractivity contribution < 1.29 is 18.4 Å². The molecule has 1 rings (SSSR count). The third kappa shape index (κ3) is 6.75. The van der Waals surface area contributed by atoms with Gasteiger partial charge in [0.15, 0.2) is 5.78 Å². The molecule has 134 valence electrons. The fourth-order valence-corrected chi connectivity index (χ4v) is 4.78. The molecule has 0 saturated heterocycles. The molecule has 0 spiro atoms. The van der Waals surface area contributed by atoms with Gasteiger partial charge >= 0.3 is 7.60 Å². The number of rotatable bonds is 8. The van der Waals surface area contributed by atoms with Crippen LogP contribution in [0.4, 0.5) is 0 Å². The minimum Gasteiger partial charge on any atom is -0.335 e. The Kier molecular flexibility index (Phi) is 8.78. The molecule has 0 radical (unpaired) electrons. The lowest BCUT2D eigenvalue weighted by Gasteiger charge is -2.31. The number of benzene rings is 1. The van der Waals surface area contributed by atoms with E-state index in [2.05, 4.69) is 5.32 Å². The Balaban J connectivity index is 2.95. The normalized spacial score (nSPS) is 13.9. The van der Waals surface area contributed by atoms with Gasteiger partial charge in [-0.05, 0) is 25.5 Å². The predicted molar refractivity (Wildman–Crippen MR) is 98.6 cm³/mol. The third-order valence-electron chi connectivity index (χ3n) is 2.75. The molecule has 0 aliphatic carbocycles. The van der Waals surface area contributed by atoms with Crippen LogP contribution in [0.25, 0.3) is 6.08 Å². The van der Waals surface area contributed by atoms with Gasteiger partial charge in [-0.15, -0.1) is 0 Å². The van der Waals surface area contributed by atoms with Crippen molar-refractivity contribution >= 4 is 54.4 Å². The highest BCUT2D eigenvalue weighted by Gasteiger charge is 2.49. The lowest BCUT2D eigenvalue weighted by molar-refractivity contribution is -0.116. The van der Waals surface area contributed by atoms with Crippen molar-refractivity contribution in [1.29, 1.82) is 0 Å². The highest BCUT2D eigenvalue weighted by atomic mass is 35.6. The Labute approximate surface area is 156 Å². The average Bonchev–Trinajstić information content (AvgIpc) is 2.51. The summed E-state index contributed by atoms with van der Waals surface area (Å²) >= 11 is 17.6. The first-order chi connectivity index (χ1) is 11.2. The minimum atomic E-state index is -3.86. The van der Waals surface area contributed by atoms with Crippen LogP contribution in [0, 0.1) is 0 Å². The van der Waals surface area contributed by atoms with Gasteiger partial charge in [-0.25, -0.2) is 0 Å². The molecule has 1 atom stereocenters. The molecule has 0 heterocycles. The lowest BCUT2D eigenvalue weighted by Crippen LogP contribution is -2.43. The number of nitrogens with one attached hydrogen (secondary N) is 1. The molecule has 9 heteroatoms. The molecule has 1 aromatic rings. The summed E-state index contributed by atoms with van der Waals surface area (Å²) in [5.41, 5.74) is 0.816. The third-order valence-corrected chi connectivity index (χ3v) is 6.25. The molecule has 0 unspecified atom stereocenters. The summed E-state index contributed by atoms with van der Waals surface area (Å²) in [6.45, 7) is 3.39. The zero-order chi connectivity index (χ0) is 18.2. The molecule has 24 heavy (non-hydrogen) atoms. The topological polar surface area (TPSA) is 64.6 Å². The van der Waals surface area contributed by atoms with Crippen LogP contribution in [0.5, 0.6) is 0 Å². The van der Waals surface area contributed by atoms with E-state index in [-0.39, 0.29) is 13.2 Å². The maximum Gasteiger partial charge on any atom is 0.357 e. The average molecular weight is 415 g/mol. The minimum absolute atomic E-state index is 0.0737. The second-order valence-electron chi connectivity index (χ2n) is 4.57. The van der Waals surface area contributed by atoms with Crippen molar-refractivity contribution in [3.05, 3.63) is 42.0 Å². The number of amides is 1. The summed E-state index contributed by atoms with van der Waals surface area (Å²) in [4.78, 5) is 12.1. The van der Waals surface area contributed by atoms with Crippen LogP contribution < -0.4 is 5.32 Å². The molecule has 0 fully saturated rings. The fourth-order valence-electron chi connectivity index (χ4n) is 1.81. The van der Waals surface area contributed by atoms with E-state index < -0.39 is 23.1 Å². The van der Waals surface area contributed by atoms with Crippen LogP contribution in [0.1, 0.15) is 19.4 Å². The Morgan fingerprint density at radius 1 is 1.21 bits per heavy atom. The van der Waals surface area contributed by atoms with Gasteiger partial charge in [-0.1, -0.05) is 65.1 Å². The summed E-state index contributed by atoms with van der Waals surface area (Å²) in [5, 5.41) is 2.40. The second-order valence-corrected chi connectivity index (χ2v) is 9.05. The smallest absolute Gasteiger partial charge is 0.335 e. The molecule has 1 aromatic carbocycles. The highest BCUT2D eigenvalue weighted by Crippen LogP contribution is 2.58. The van der Waals surface area contributed by atoms with E-state index in [4.69, 9.17) is 43.9 Å². The van der Waals surface area contributed by atoms with E-state index in [1.807, 2.05) is 30.3 Å². The van der Waals surface area contributed by atoms with Crippen LogP contribution in [0.2, 0.25) is 0 Å². The molecule has 0 aliphatic rings. The molecule has 0 aromatic heterocycles. The van der Waals surface area contributed by atoms with E-state index in [1.54, 1.807) is 19.9 Å². The van der Waals surface area contributed by atoms with E-state index in [9.17, 15) is 9.36 Å². The number of hydrogen-bond acceptors (Lipinski definition) is 4. The molecule has 0 bridgehead atoms. The van der Waals surface area contributed by atoms with Gasteiger partial charge in [-0.2, -0.15) is 0 Å². The van der Waals surface area contributed by atoms with Crippen molar-refractivity contribution in [2.45, 2.75) is 23.4 Å². The van der Waals surface area contributed by atoms with Crippen LogP contribution in [0.15, 0.2) is 36.4 Å². The molecular weight excluding hydrogens is 396 g/mol. The molecule has 1 N–H and O–H groups in total. The lowest BCUT2D eigenvalue weighted by atomic mass is 10.2. The molecular formula is C15H19Cl3NO4P. The summed E-state index contributed by atoms with van der Waals surface area (Å²) in [6, 6.07) is 9.17. The number of halogens is 3. The van der Waals surface area contributed by atoms with Gasteiger partial charge < -0.3 is 14.4 Å². The van der Waals surface area contributed by atoms with E-state index in [0.29, 0.717) is 0 Å². The largest absolute Gasteiger partial charge is 0.357 e. The monoisotopic (exact) mass is 413 g/mol.